The molecular weight excluding hydrogens is 304 g/mol. The first kappa shape index (κ1) is 17.2. The van der Waals surface area contributed by atoms with Crippen LogP contribution in [0.2, 0.25) is 0 Å². The number of hydrogen-bond donors (Lipinski definition) is 0. The fourth-order valence-electron chi connectivity index (χ4n) is 2.25. The van der Waals surface area contributed by atoms with Crippen LogP contribution in [0.25, 0.3) is 5.57 Å². The summed E-state index contributed by atoms with van der Waals surface area (Å²) in [5.41, 5.74) is 4.46. The Labute approximate surface area is 143 Å². The highest BCUT2D eigenvalue weighted by Crippen LogP contribution is 2.24. The highest BCUT2D eigenvalue weighted by atomic mass is 35.5. The second-order valence-corrected chi connectivity index (χ2v) is 5.67. The van der Waals surface area contributed by atoms with E-state index in [2.05, 4.69) is 36.8 Å². The van der Waals surface area contributed by atoms with Crippen LogP contribution < -0.4 is 4.74 Å². The molecule has 2 aromatic carbocycles. The highest BCUT2D eigenvalue weighted by molar-refractivity contribution is 6.17. The van der Waals surface area contributed by atoms with E-state index in [4.69, 9.17) is 22.8 Å². The molecule has 0 N–H and O–H groups in total. The molecule has 0 saturated heterocycles. The van der Waals surface area contributed by atoms with Gasteiger partial charge >= 0.3 is 0 Å². The molecule has 0 bridgehead atoms. The molecule has 0 radical (unpaired) electrons. The van der Waals surface area contributed by atoms with Crippen molar-refractivity contribution in [2.24, 2.45) is 0 Å². The summed E-state index contributed by atoms with van der Waals surface area (Å²) < 4.78 is 5.61. The normalized spacial score (nSPS) is 10.1. The van der Waals surface area contributed by atoms with Crippen LogP contribution in [0, 0.1) is 12.3 Å². The van der Waals surface area contributed by atoms with E-state index in [0.717, 1.165) is 41.7 Å². The Morgan fingerprint density at radius 2 is 1.65 bits per heavy atom. The first-order chi connectivity index (χ1) is 11.2. The molecular formula is C21H21ClO. The quantitative estimate of drug-likeness (QED) is 0.362. The SMILES string of the molecule is C#CCCc1ccc(C(=C)c2ccc(OCCCCl)cc2)cc1. The third kappa shape index (κ3) is 5.20. The maximum Gasteiger partial charge on any atom is 0.119 e. The number of benzene rings is 2. The number of ether oxygens (including phenoxy) is 1. The van der Waals surface area contributed by atoms with Crippen molar-refractivity contribution in [2.75, 3.05) is 12.5 Å². The molecule has 2 heteroatoms. The zero-order chi connectivity index (χ0) is 16.5. The van der Waals surface area contributed by atoms with E-state index >= 15 is 0 Å². The number of halogens is 1. The fraction of sp³-hybridized carbons (Fsp3) is 0.238. The second-order valence-electron chi connectivity index (χ2n) is 5.29. The van der Waals surface area contributed by atoms with Crippen molar-refractivity contribution in [3.05, 3.63) is 71.8 Å². The third-order valence-electron chi connectivity index (χ3n) is 3.61. The molecule has 2 aromatic rings. The van der Waals surface area contributed by atoms with Crippen LogP contribution in [-0.4, -0.2) is 12.5 Å². The van der Waals surface area contributed by atoms with Crippen LogP contribution in [0.5, 0.6) is 5.75 Å². The zero-order valence-corrected chi connectivity index (χ0v) is 14.0. The van der Waals surface area contributed by atoms with Crippen molar-refractivity contribution in [2.45, 2.75) is 19.3 Å². The van der Waals surface area contributed by atoms with Crippen molar-refractivity contribution in [1.29, 1.82) is 0 Å². The first-order valence-electron chi connectivity index (χ1n) is 7.75. The molecule has 0 aliphatic rings. The maximum absolute atomic E-state index is 5.64. The van der Waals surface area contributed by atoms with Gasteiger partial charge in [0.2, 0.25) is 0 Å². The summed E-state index contributed by atoms with van der Waals surface area (Å²) in [6, 6.07) is 16.4. The minimum atomic E-state index is 0.617. The van der Waals surface area contributed by atoms with E-state index in [0.29, 0.717) is 12.5 Å². The molecule has 1 nitrogen and oxygen atoms in total. The lowest BCUT2D eigenvalue weighted by molar-refractivity contribution is 0.318. The molecule has 0 fully saturated rings. The average Bonchev–Trinajstić information content (AvgIpc) is 2.61. The summed E-state index contributed by atoms with van der Waals surface area (Å²) in [6.07, 6.45) is 7.83. The largest absolute Gasteiger partial charge is 0.494 e. The Morgan fingerprint density at radius 3 is 2.22 bits per heavy atom. The summed E-state index contributed by atoms with van der Waals surface area (Å²) in [5.74, 6) is 4.14. The number of terminal acetylenes is 1. The minimum Gasteiger partial charge on any atom is -0.494 e. The maximum atomic E-state index is 5.64. The van der Waals surface area contributed by atoms with Crippen molar-refractivity contribution in [1.82, 2.24) is 0 Å². The van der Waals surface area contributed by atoms with E-state index < -0.39 is 0 Å². The Bertz CT molecular complexity index is 662. The number of rotatable bonds is 8. The van der Waals surface area contributed by atoms with Gasteiger partial charge in [0.15, 0.2) is 0 Å². The predicted octanol–water partition coefficient (Wildman–Crippen LogP) is 5.32. The molecule has 0 amide bonds. The van der Waals surface area contributed by atoms with Gasteiger partial charge in [-0.15, -0.1) is 23.9 Å². The van der Waals surface area contributed by atoms with E-state index in [1.807, 2.05) is 24.3 Å². The molecule has 0 saturated carbocycles. The molecule has 0 spiro atoms. The molecule has 0 aliphatic heterocycles. The lowest BCUT2D eigenvalue weighted by Gasteiger charge is -2.09. The van der Waals surface area contributed by atoms with Crippen LogP contribution in [0.3, 0.4) is 0 Å². The van der Waals surface area contributed by atoms with Gasteiger partial charge in [0, 0.05) is 12.3 Å². The van der Waals surface area contributed by atoms with Crippen LogP contribution in [0.15, 0.2) is 55.1 Å². The molecule has 0 atom stereocenters. The van der Waals surface area contributed by atoms with Crippen LogP contribution >= 0.6 is 11.6 Å². The van der Waals surface area contributed by atoms with E-state index in [9.17, 15) is 0 Å². The topological polar surface area (TPSA) is 9.23 Å². The smallest absolute Gasteiger partial charge is 0.119 e. The standard InChI is InChI=1S/C21H21ClO/c1-3-4-6-18-7-9-19(10-8-18)17(2)20-11-13-21(14-12-20)23-16-5-15-22/h1,7-14H,2,4-6,15-16H2. The first-order valence-corrected chi connectivity index (χ1v) is 8.29. The lowest BCUT2D eigenvalue weighted by atomic mass is 9.98. The minimum absolute atomic E-state index is 0.617. The number of alkyl halides is 1. The lowest BCUT2D eigenvalue weighted by Crippen LogP contribution is -1.97. The van der Waals surface area contributed by atoms with Crippen molar-refractivity contribution in [3.63, 3.8) is 0 Å². The Morgan fingerprint density at radius 1 is 1.04 bits per heavy atom. The van der Waals surface area contributed by atoms with Crippen LogP contribution in [0.4, 0.5) is 0 Å². The molecule has 118 valence electrons. The summed E-state index contributed by atoms with van der Waals surface area (Å²) in [7, 11) is 0. The summed E-state index contributed by atoms with van der Waals surface area (Å²) in [4.78, 5) is 0. The van der Waals surface area contributed by atoms with Gasteiger partial charge in [0.25, 0.3) is 0 Å². The van der Waals surface area contributed by atoms with Gasteiger partial charge < -0.3 is 4.74 Å². The van der Waals surface area contributed by atoms with Crippen molar-refractivity contribution < 1.29 is 4.74 Å². The van der Waals surface area contributed by atoms with Crippen molar-refractivity contribution >= 4 is 17.2 Å². The van der Waals surface area contributed by atoms with Gasteiger partial charge in [0.1, 0.15) is 5.75 Å². The number of aryl methyl sites for hydroxylation is 1. The molecule has 0 aliphatic carbocycles. The van der Waals surface area contributed by atoms with Crippen molar-refractivity contribution in [3.8, 4) is 18.1 Å². The molecule has 0 unspecified atom stereocenters. The van der Waals surface area contributed by atoms with Gasteiger partial charge in [-0.25, -0.2) is 0 Å². The highest BCUT2D eigenvalue weighted by Gasteiger charge is 2.03. The van der Waals surface area contributed by atoms with Crippen LogP contribution in [0.1, 0.15) is 29.5 Å². The van der Waals surface area contributed by atoms with Gasteiger partial charge in [0.05, 0.1) is 6.61 Å². The van der Waals surface area contributed by atoms with Gasteiger partial charge in [-0.2, -0.15) is 0 Å². The third-order valence-corrected chi connectivity index (χ3v) is 3.88. The average molecular weight is 325 g/mol. The van der Waals surface area contributed by atoms with Gasteiger partial charge in [-0.3, -0.25) is 0 Å². The van der Waals surface area contributed by atoms with Crippen LogP contribution in [-0.2, 0) is 6.42 Å². The molecule has 2 rings (SSSR count). The number of hydrogen-bond acceptors (Lipinski definition) is 1. The van der Waals surface area contributed by atoms with Gasteiger partial charge in [-0.05, 0) is 47.2 Å². The second kappa shape index (κ2) is 9.08. The monoisotopic (exact) mass is 324 g/mol. The molecule has 0 heterocycles. The Kier molecular flexibility index (Phi) is 6.78. The van der Waals surface area contributed by atoms with E-state index in [-0.39, 0.29) is 0 Å². The van der Waals surface area contributed by atoms with E-state index in [1.165, 1.54) is 5.56 Å². The molecule has 0 aromatic heterocycles. The summed E-state index contributed by atoms with van der Waals surface area (Å²) in [6.45, 7) is 4.84. The summed E-state index contributed by atoms with van der Waals surface area (Å²) >= 11 is 5.64. The van der Waals surface area contributed by atoms with Gasteiger partial charge in [-0.1, -0.05) is 43.0 Å². The fourth-order valence-corrected chi connectivity index (χ4v) is 2.36. The van der Waals surface area contributed by atoms with E-state index in [1.54, 1.807) is 0 Å². The Hall–Kier alpha value is -2.17. The molecule has 23 heavy (non-hydrogen) atoms. The Balaban J connectivity index is 2.01. The predicted molar refractivity (Wildman–Crippen MR) is 99.0 cm³/mol. The summed E-state index contributed by atoms with van der Waals surface area (Å²) in [5, 5.41) is 0. The zero-order valence-electron chi connectivity index (χ0n) is 13.2.